The Morgan fingerprint density at radius 3 is 2.55 bits per heavy atom. The number of anilines is 1. The molecule has 0 atom stereocenters. The van der Waals surface area contributed by atoms with Gasteiger partial charge in [-0.3, -0.25) is 4.79 Å². The van der Waals surface area contributed by atoms with Gasteiger partial charge in [0.25, 0.3) is 0 Å². The Morgan fingerprint density at radius 2 is 2.00 bits per heavy atom. The van der Waals surface area contributed by atoms with Crippen LogP contribution in [-0.4, -0.2) is 43.4 Å². The van der Waals surface area contributed by atoms with Gasteiger partial charge in [0.2, 0.25) is 5.91 Å². The summed E-state index contributed by atoms with van der Waals surface area (Å²) in [4.78, 5) is 35.7. The number of benzene rings is 1. The Hall–Kier alpha value is -2.12. The molecule has 0 aromatic heterocycles. The number of carboxylic acid groups (broad SMARTS) is 1. The standard InChI is InChI=1S/C14H16ClNO6/c1-3-22-7-6-12(17)16(14(19)20)11-5-4-9(15)8-10(11)13(18)21-2/h4-5,8H,3,6-7H2,1-2H3,(H,19,20). The number of imide groups is 1. The van der Waals surface area contributed by atoms with Gasteiger partial charge in [-0.1, -0.05) is 11.6 Å². The third kappa shape index (κ3) is 4.44. The molecule has 120 valence electrons. The number of hydrogen-bond acceptors (Lipinski definition) is 5. The minimum Gasteiger partial charge on any atom is -0.465 e. The molecule has 0 saturated heterocycles. The number of amides is 2. The molecule has 1 N–H and O–H groups in total. The Balaban J connectivity index is 3.18. The molecule has 0 fully saturated rings. The largest absolute Gasteiger partial charge is 0.465 e. The maximum absolute atomic E-state index is 12.1. The molecule has 0 aliphatic rings. The number of nitrogens with zero attached hydrogens (tertiary/aromatic N) is 1. The highest BCUT2D eigenvalue weighted by atomic mass is 35.5. The van der Waals surface area contributed by atoms with Crippen LogP contribution in [0.25, 0.3) is 0 Å². The lowest BCUT2D eigenvalue weighted by atomic mass is 10.1. The highest BCUT2D eigenvalue weighted by Crippen LogP contribution is 2.26. The van der Waals surface area contributed by atoms with Crippen molar-refractivity contribution >= 4 is 35.3 Å². The first-order valence-electron chi connectivity index (χ1n) is 6.43. The predicted octanol–water partition coefficient (Wildman–Crippen LogP) is 2.56. The molecule has 8 heteroatoms. The van der Waals surface area contributed by atoms with Crippen molar-refractivity contribution in [3.05, 3.63) is 28.8 Å². The monoisotopic (exact) mass is 329 g/mol. The molecule has 0 saturated carbocycles. The molecule has 0 heterocycles. The number of carbonyl (C=O) groups is 3. The molecule has 0 radical (unpaired) electrons. The number of ether oxygens (including phenoxy) is 2. The van der Waals surface area contributed by atoms with Crippen molar-refractivity contribution in [1.82, 2.24) is 0 Å². The van der Waals surface area contributed by atoms with Crippen LogP contribution in [-0.2, 0) is 14.3 Å². The van der Waals surface area contributed by atoms with Crippen LogP contribution in [0.5, 0.6) is 0 Å². The Labute approximate surface area is 132 Å². The first-order valence-corrected chi connectivity index (χ1v) is 6.81. The molecule has 1 rings (SSSR count). The quantitative estimate of drug-likeness (QED) is 0.637. The fraction of sp³-hybridized carbons (Fsp3) is 0.357. The summed E-state index contributed by atoms with van der Waals surface area (Å²) >= 11 is 5.81. The van der Waals surface area contributed by atoms with Crippen molar-refractivity contribution in [2.45, 2.75) is 13.3 Å². The zero-order valence-electron chi connectivity index (χ0n) is 12.2. The fourth-order valence-electron chi connectivity index (χ4n) is 1.74. The second kappa shape index (κ2) is 8.35. The summed E-state index contributed by atoms with van der Waals surface area (Å²) in [7, 11) is 1.15. The zero-order valence-corrected chi connectivity index (χ0v) is 12.9. The van der Waals surface area contributed by atoms with Gasteiger partial charge >= 0.3 is 12.1 Å². The van der Waals surface area contributed by atoms with E-state index in [1.165, 1.54) is 18.2 Å². The van der Waals surface area contributed by atoms with Gasteiger partial charge in [0.05, 0.1) is 31.4 Å². The van der Waals surface area contributed by atoms with Crippen LogP contribution >= 0.6 is 11.6 Å². The lowest BCUT2D eigenvalue weighted by Gasteiger charge is -2.20. The van der Waals surface area contributed by atoms with Crippen LogP contribution in [0, 0.1) is 0 Å². The highest BCUT2D eigenvalue weighted by Gasteiger charge is 2.27. The Kier molecular flexibility index (Phi) is 6.81. The van der Waals surface area contributed by atoms with E-state index in [1.807, 2.05) is 0 Å². The van der Waals surface area contributed by atoms with Crippen LogP contribution in [0.1, 0.15) is 23.7 Å². The number of carbonyl (C=O) groups excluding carboxylic acids is 2. The zero-order chi connectivity index (χ0) is 16.7. The predicted molar refractivity (Wildman–Crippen MR) is 79.4 cm³/mol. The van der Waals surface area contributed by atoms with Crippen LogP contribution in [0.2, 0.25) is 5.02 Å². The van der Waals surface area contributed by atoms with Gasteiger partial charge in [-0.15, -0.1) is 0 Å². The Morgan fingerprint density at radius 1 is 1.32 bits per heavy atom. The molecule has 0 unspecified atom stereocenters. The van der Waals surface area contributed by atoms with Gasteiger partial charge < -0.3 is 14.6 Å². The minimum absolute atomic E-state index is 0.0836. The van der Waals surface area contributed by atoms with Crippen molar-refractivity contribution < 1.29 is 29.0 Å². The normalized spacial score (nSPS) is 10.1. The van der Waals surface area contributed by atoms with E-state index in [0.717, 1.165) is 7.11 Å². The van der Waals surface area contributed by atoms with E-state index in [9.17, 15) is 19.5 Å². The average Bonchev–Trinajstić information content (AvgIpc) is 2.48. The first kappa shape index (κ1) is 17.9. The van der Waals surface area contributed by atoms with Crippen molar-refractivity contribution in [2.24, 2.45) is 0 Å². The smallest absolute Gasteiger partial charge is 0.418 e. The lowest BCUT2D eigenvalue weighted by molar-refractivity contribution is -0.119. The number of methoxy groups -OCH3 is 1. The van der Waals surface area contributed by atoms with Crippen LogP contribution in [0.3, 0.4) is 0 Å². The topological polar surface area (TPSA) is 93.1 Å². The number of halogens is 1. The molecule has 22 heavy (non-hydrogen) atoms. The van der Waals surface area contributed by atoms with E-state index >= 15 is 0 Å². The minimum atomic E-state index is -1.51. The van der Waals surface area contributed by atoms with Crippen molar-refractivity contribution in [3.63, 3.8) is 0 Å². The molecular formula is C14H16ClNO6. The first-order chi connectivity index (χ1) is 10.4. The molecule has 2 amide bonds. The van der Waals surface area contributed by atoms with E-state index in [2.05, 4.69) is 4.74 Å². The van der Waals surface area contributed by atoms with Gasteiger partial charge in [0.1, 0.15) is 0 Å². The maximum Gasteiger partial charge on any atom is 0.418 e. The van der Waals surface area contributed by atoms with Crippen molar-refractivity contribution in [1.29, 1.82) is 0 Å². The second-order valence-electron chi connectivity index (χ2n) is 4.11. The van der Waals surface area contributed by atoms with E-state index in [0.29, 0.717) is 11.5 Å². The summed E-state index contributed by atoms with van der Waals surface area (Å²) in [6, 6.07) is 3.91. The van der Waals surface area contributed by atoms with Gasteiger partial charge in [-0.05, 0) is 25.1 Å². The molecular weight excluding hydrogens is 314 g/mol. The Bertz CT molecular complexity index is 574. The third-order valence-electron chi connectivity index (χ3n) is 2.71. The van der Waals surface area contributed by atoms with Crippen LogP contribution in [0.4, 0.5) is 10.5 Å². The summed E-state index contributed by atoms with van der Waals surface area (Å²) in [5.41, 5.74) is -0.215. The molecule has 0 aliphatic heterocycles. The molecule has 1 aromatic rings. The lowest BCUT2D eigenvalue weighted by Crippen LogP contribution is -2.37. The van der Waals surface area contributed by atoms with Gasteiger partial charge in [0.15, 0.2) is 0 Å². The molecule has 1 aromatic carbocycles. The number of esters is 1. The van der Waals surface area contributed by atoms with Crippen molar-refractivity contribution in [2.75, 3.05) is 25.2 Å². The molecule has 0 spiro atoms. The van der Waals surface area contributed by atoms with Gasteiger partial charge in [-0.25, -0.2) is 14.5 Å². The summed E-state index contributed by atoms with van der Waals surface area (Å²) in [6.45, 7) is 2.25. The molecule has 0 bridgehead atoms. The van der Waals surface area contributed by atoms with E-state index in [4.69, 9.17) is 16.3 Å². The summed E-state index contributed by atoms with van der Waals surface area (Å²) in [6.07, 6.45) is -1.64. The highest BCUT2D eigenvalue weighted by molar-refractivity contribution is 6.31. The van der Waals surface area contributed by atoms with Crippen molar-refractivity contribution in [3.8, 4) is 0 Å². The van der Waals surface area contributed by atoms with E-state index in [-0.39, 0.29) is 29.3 Å². The average molecular weight is 330 g/mol. The third-order valence-corrected chi connectivity index (χ3v) is 2.94. The summed E-state index contributed by atoms with van der Waals surface area (Å²) in [5, 5.41) is 9.50. The fourth-order valence-corrected chi connectivity index (χ4v) is 1.91. The van der Waals surface area contributed by atoms with Gasteiger partial charge in [0, 0.05) is 11.6 Å². The van der Waals surface area contributed by atoms with Crippen LogP contribution in [0.15, 0.2) is 18.2 Å². The number of hydrogen-bond donors (Lipinski definition) is 1. The second-order valence-corrected chi connectivity index (χ2v) is 4.55. The van der Waals surface area contributed by atoms with Gasteiger partial charge in [-0.2, -0.15) is 0 Å². The maximum atomic E-state index is 12.1. The van der Waals surface area contributed by atoms with Crippen LogP contribution < -0.4 is 4.90 Å². The van der Waals surface area contributed by atoms with E-state index in [1.54, 1.807) is 6.92 Å². The number of rotatable bonds is 6. The molecule has 7 nitrogen and oxygen atoms in total. The summed E-state index contributed by atoms with van der Waals surface area (Å²) < 4.78 is 9.62. The van der Waals surface area contributed by atoms with E-state index < -0.39 is 18.0 Å². The summed E-state index contributed by atoms with van der Waals surface area (Å²) in [5.74, 6) is -1.50. The molecule has 0 aliphatic carbocycles. The SMILES string of the molecule is CCOCCC(=O)N(C(=O)O)c1ccc(Cl)cc1C(=O)OC.